The van der Waals surface area contributed by atoms with Gasteiger partial charge in [-0.1, -0.05) is 17.7 Å². The largest absolute Gasteiger partial charge is 0.397 e. The highest BCUT2D eigenvalue weighted by molar-refractivity contribution is 7.91. The van der Waals surface area contributed by atoms with E-state index >= 15 is 0 Å². The van der Waals surface area contributed by atoms with Gasteiger partial charge < -0.3 is 10.6 Å². The summed E-state index contributed by atoms with van der Waals surface area (Å²) in [5.41, 5.74) is 6.44. The van der Waals surface area contributed by atoms with Crippen LogP contribution < -0.4 is 5.73 Å². The molecule has 1 aliphatic rings. The zero-order chi connectivity index (χ0) is 15.2. The van der Waals surface area contributed by atoms with Gasteiger partial charge in [0.25, 0.3) is 5.91 Å². The van der Waals surface area contributed by atoms with Crippen molar-refractivity contribution in [3.63, 3.8) is 0 Å². The molecule has 1 amide bonds. The zero-order valence-electron chi connectivity index (χ0n) is 11.0. The first kappa shape index (κ1) is 14.6. The third kappa shape index (κ3) is 2.61. The number of nitrogen functional groups attached to an aromatic ring is 1. The van der Waals surface area contributed by atoms with Gasteiger partial charge in [0.2, 0.25) is 0 Å². The molecule has 1 fully saturated rings. The van der Waals surface area contributed by atoms with Crippen molar-refractivity contribution in [1.29, 1.82) is 0 Å². The van der Waals surface area contributed by atoms with Crippen LogP contribution in [0, 0.1) is 0 Å². The van der Waals surface area contributed by atoms with Crippen LogP contribution in [0.1, 0.15) is 9.67 Å². The Labute approximate surface area is 131 Å². The summed E-state index contributed by atoms with van der Waals surface area (Å²) in [6.07, 6.45) is 0. The summed E-state index contributed by atoms with van der Waals surface area (Å²) in [4.78, 5) is 14.5. The van der Waals surface area contributed by atoms with E-state index in [1.54, 1.807) is 6.07 Å². The van der Waals surface area contributed by atoms with Gasteiger partial charge in [0.05, 0.1) is 22.2 Å². The standard InChI is InChI=1S/C13H13ClN2O3S2/c14-8-2-1-3-9-10(8)11(15)12(20-9)13(17)16-4-6-21(18,19)7-5-16/h1-3H,4-7,15H2. The van der Waals surface area contributed by atoms with Crippen LogP contribution >= 0.6 is 22.9 Å². The van der Waals surface area contributed by atoms with E-state index in [0.29, 0.717) is 21.0 Å². The number of nitrogens with two attached hydrogens (primary N) is 1. The van der Waals surface area contributed by atoms with Crippen molar-refractivity contribution < 1.29 is 13.2 Å². The lowest BCUT2D eigenvalue weighted by Crippen LogP contribution is -2.43. The number of halogens is 1. The van der Waals surface area contributed by atoms with Gasteiger partial charge in [-0.05, 0) is 12.1 Å². The summed E-state index contributed by atoms with van der Waals surface area (Å²) in [6.45, 7) is 0.422. The highest BCUT2D eigenvalue weighted by Crippen LogP contribution is 2.38. The van der Waals surface area contributed by atoms with Crippen LogP contribution in [0.5, 0.6) is 0 Å². The average Bonchev–Trinajstić information content (AvgIpc) is 2.77. The maximum Gasteiger partial charge on any atom is 0.266 e. The molecule has 0 radical (unpaired) electrons. The summed E-state index contributed by atoms with van der Waals surface area (Å²) in [5, 5.41) is 1.21. The molecular weight excluding hydrogens is 332 g/mol. The molecule has 1 saturated heterocycles. The summed E-state index contributed by atoms with van der Waals surface area (Å²) >= 11 is 7.42. The molecule has 1 aromatic carbocycles. The Morgan fingerprint density at radius 3 is 2.57 bits per heavy atom. The van der Waals surface area contributed by atoms with Crippen molar-refractivity contribution in [2.45, 2.75) is 0 Å². The minimum atomic E-state index is -3.02. The molecule has 2 N–H and O–H groups in total. The average molecular weight is 345 g/mol. The van der Waals surface area contributed by atoms with E-state index in [1.807, 2.05) is 12.1 Å². The molecule has 0 bridgehead atoms. The first-order chi connectivity index (χ1) is 9.89. The fourth-order valence-corrected chi connectivity index (χ4v) is 5.00. The monoisotopic (exact) mass is 344 g/mol. The Kier molecular flexibility index (Phi) is 3.59. The van der Waals surface area contributed by atoms with E-state index in [9.17, 15) is 13.2 Å². The Balaban J connectivity index is 1.96. The molecular formula is C13H13ClN2O3S2. The summed E-state index contributed by atoms with van der Waals surface area (Å²) < 4.78 is 23.7. The second-order valence-electron chi connectivity index (χ2n) is 4.90. The first-order valence-electron chi connectivity index (χ1n) is 6.35. The molecule has 0 unspecified atom stereocenters. The fourth-order valence-electron chi connectivity index (χ4n) is 2.35. The molecule has 0 saturated carbocycles. The van der Waals surface area contributed by atoms with Crippen molar-refractivity contribution in [1.82, 2.24) is 4.90 Å². The maximum absolute atomic E-state index is 12.5. The van der Waals surface area contributed by atoms with Crippen molar-refractivity contribution >= 4 is 54.5 Å². The predicted molar refractivity (Wildman–Crippen MR) is 85.8 cm³/mol. The Morgan fingerprint density at radius 1 is 1.29 bits per heavy atom. The van der Waals surface area contributed by atoms with E-state index < -0.39 is 9.84 Å². The van der Waals surface area contributed by atoms with Crippen LogP contribution in [-0.4, -0.2) is 43.8 Å². The fraction of sp³-hybridized carbons (Fsp3) is 0.308. The molecule has 21 heavy (non-hydrogen) atoms. The zero-order valence-corrected chi connectivity index (χ0v) is 13.4. The summed E-state index contributed by atoms with van der Waals surface area (Å²) in [5.74, 6) is -0.214. The molecule has 0 aliphatic carbocycles. The van der Waals surface area contributed by atoms with Gasteiger partial charge in [-0.15, -0.1) is 11.3 Å². The number of benzene rings is 1. The van der Waals surface area contributed by atoms with Crippen molar-refractivity contribution in [2.24, 2.45) is 0 Å². The van der Waals surface area contributed by atoms with E-state index in [1.165, 1.54) is 16.2 Å². The maximum atomic E-state index is 12.5. The number of amides is 1. The van der Waals surface area contributed by atoms with Gasteiger partial charge in [0, 0.05) is 23.2 Å². The van der Waals surface area contributed by atoms with Gasteiger partial charge in [-0.25, -0.2) is 8.42 Å². The number of carbonyl (C=O) groups is 1. The highest BCUT2D eigenvalue weighted by atomic mass is 35.5. The number of nitrogens with zero attached hydrogens (tertiary/aromatic N) is 1. The summed E-state index contributed by atoms with van der Waals surface area (Å²) in [6, 6.07) is 5.40. The normalized spacial score (nSPS) is 18.0. The molecule has 8 heteroatoms. The van der Waals surface area contributed by atoms with Crippen LogP contribution in [0.4, 0.5) is 5.69 Å². The number of fused-ring (bicyclic) bond motifs is 1. The molecule has 0 spiro atoms. The van der Waals surface area contributed by atoms with Crippen LogP contribution in [0.3, 0.4) is 0 Å². The Bertz CT molecular complexity index is 815. The van der Waals surface area contributed by atoms with Crippen molar-refractivity contribution in [2.75, 3.05) is 30.3 Å². The number of rotatable bonds is 1. The number of anilines is 1. The van der Waals surface area contributed by atoms with Gasteiger partial charge in [-0.3, -0.25) is 4.79 Å². The van der Waals surface area contributed by atoms with Crippen molar-refractivity contribution in [3.8, 4) is 0 Å². The second-order valence-corrected chi connectivity index (χ2v) is 8.66. The molecule has 0 atom stereocenters. The van der Waals surface area contributed by atoms with E-state index in [2.05, 4.69) is 0 Å². The van der Waals surface area contributed by atoms with Gasteiger partial charge in [-0.2, -0.15) is 0 Å². The van der Waals surface area contributed by atoms with E-state index in [0.717, 1.165) is 4.70 Å². The molecule has 1 aromatic heterocycles. The number of hydrogen-bond donors (Lipinski definition) is 1. The smallest absolute Gasteiger partial charge is 0.266 e. The number of hydrogen-bond acceptors (Lipinski definition) is 5. The Morgan fingerprint density at radius 2 is 1.95 bits per heavy atom. The lowest BCUT2D eigenvalue weighted by atomic mass is 10.2. The Hall–Kier alpha value is -1.31. The van der Waals surface area contributed by atoms with Crippen LogP contribution in [0.2, 0.25) is 5.02 Å². The minimum absolute atomic E-state index is 0.00426. The van der Waals surface area contributed by atoms with Gasteiger partial charge >= 0.3 is 0 Å². The van der Waals surface area contributed by atoms with Crippen molar-refractivity contribution in [3.05, 3.63) is 28.1 Å². The summed E-state index contributed by atoms with van der Waals surface area (Å²) in [7, 11) is -3.02. The third-order valence-corrected chi connectivity index (χ3v) is 6.61. The molecule has 1 aliphatic heterocycles. The quantitative estimate of drug-likeness (QED) is 0.858. The molecule has 2 heterocycles. The molecule has 112 valence electrons. The van der Waals surface area contributed by atoms with Gasteiger partial charge in [0.15, 0.2) is 9.84 Å². The lowest BCUT2D eigenvalue weighted by molar-refractivity contribution is 0.0776. The lowest BCUT2D eigenvalue weighted by Gasteiger charge is -2.26. The number of thiophene rings is 1. The van der Waals surface area contributed by atoms with Crippen LogP contribution in [0.25, 0.3) is 10.1 Å². The van der Waals surface area contributed by atoms with E-state index in [4.69, 9.17) is 17.3 Å². The topological polar surface area (TPSA) is 80.5 Å². The molecule has 3 rings (SSSR count). The SMILES string of the molecule is Nc1c(C(=O)N2CCS(=O)(=O)CC2)sc2cccc(Cl)c12. The second kappa shape index (κ2) is 5.15. The predicted octanol–water partition coefficient (Wildman–Crippen LogP) is 2.01. The van der Waals surface area contributed by atoms with E-state index in [-0.39, 0.29) is 30.5 Å². The number of sulfone groups is 1. The minimum Gasteiger partial charge on any atom is -0.397 e. The first-order valence-corrected chi connectivity index (χ1v) is 9.37. The third-order valence-electron chi connectivity index (χ3n) is 3.53. The van der Waals surface area contributed by atoms with Crippen LogP contribution in [-0.2, 0) is 9.84 Å². The number of carbonyl (C=O) groups excluding carboxylic acids is 1. The van der Waals surface area contributed by atoms with Gasteiger partial charge in [0.1, 0.15) is 4.88 Å². The van der Waals surface area contributed by atoms with Crippen LogP contribution in [0.15, 0.2) is 18.2 Å². The molecule has 2 aromatic rings. The molecule has 5 nitrogen and oxygen atoms in total. The highest BCUT2D eigenvalue weighted by Gasteiger charge is 2.28.